The van der Waals surface area contributed by atoms with Crippen molar-refractivity contribution < 1.29 is 24.4 Å². The Morgan fingerprint density at radius 1 is 0.824 bits per heavy atom. The molecule has 4 heterocycles. The molecule has 4 rings (SSSR count). The van der Waals surface area contributed by atoms with Crippen LogP contribution in [0.25, 0.3) is 0 Å². The average Bonchev–Trinajstić information content (AvgIpc) is 2.13. The Hall–Kier alpha value is -0.950. The van der Waals surface area contributed by atoms with Crippen molar-refractivity contribution in [2.24, 2.45) is 0 Å². The van der Waals surface area contributed by atoms with Crippen molar-refractivity contribution in [3.63, 3.8) is 0 Å². The molecule has 0 radical (unpaired) electrons. The number of hydrogen-bond donors (Lipinski definition) is 2. The minimum absolute atomic E-state index is 0.875. The summed E-state index contributed by atoms with van der Waals surface area (Å²) in [6.45, 7) is 3.13. The van der Waals surface area contributed by atoms with Crippen molar-refractivity contribution >= 4 is 19.1 Å². The molecular weight excluding hydrogens is 249 g/mol. The van der Waals surface area contributed by atoms with Crippen LogP contribution in [0.1, 0.15) is 0 Å². The molecule has 0 atom stereocenters. The van der Waals surface area contributed by atoms with Crippen LogP contribution >= 0.6 is 7.14 Å². The van der Waals surface area contributed by atoms with Crippen molar-refractivity contribution in [3.8, 4) is 0 Å². The Morgan fingerprint density at radius 2 is 1.12 bits per heavy atom. The standard InChI is InChI=1S/C6H12N3OP.C2H2O4/c10-11-4-7-1-8(5-11)3-9(2-7)6-11;3-1(4)2(5)6/h1-6H2;(H,3,4)(H,5,6). The lowest BCUT2D eigenvalue weighted by Crippen LogP contribution is -2.63. The maximum atomic E-state index is 12.0. The monoisotopic (exact) mass is 263 g/mol. The predicted molar refractivity (Wildman–Crippen MR) is 57.6 cm³/mol. The van der Waals surface area contributed by atoms with Crippen LogP contribution in [0.15, 0.2) is 0 Å². The third kappa shape index (κ3) is 2.84. The van der Waals surface area contributed by atoms with Gasteiger partial charge in [-0.15, -0.1) is 0 Å². The summed E-state index contributed by atoms with van der Waals surface area (Å²) in [5, 5.41) is 14.8. The third-order valence-corrected chi connectivity index (χ3v) is 5.50. The number of aliphatic carboxylic acids is 2. The quantitative estimate of drug-likeness (QED) is 0.432. The lowest BCUT2D eigenvalue weighted by atomic mass is 10.5. The van der Waals surface area contributed by atoms with Crippen molar-refractivity contribution in [2.75, 3.05) is 38.9 Å². The smallest absolute Gasteiger partial charge is 0.414 e. The van der Waals surface area contributed by atoms with E-state index in [-0.39, 0.29) is 0 Å². The summed E-state index contributed by atoms with van der Waals surface area (Å²) in [6, 6.07) is 0. The molecule has 0 unspecified atom stereocenters. The van der Waals surface area contributed by atoms with Crippen LogP contribution in [0.2, 0.25) is 0 Å². The lowest BCUT2D eigenvalue weighted by molar-refractivity contribution is -0.159. The molecule has 96 valence electrons. The second-order valence-electron chi connectivity index (χ2n) is 4.53. The number of carboxylic acids is 2. The Labute approximate surface area is 97.8 Å². The lowest BCUT2D eigenvalue weighted by Gasteiger charge is -2.54. The van der Waals surface area contributed by atoms with E-state index < -0.39 is 19.1 Å². The fourth-order valence-electron chi connectivity index (χ4n) is 2.48. The Kier molecular flexibility index (Phi) is 3.22. The highest BCUT2D eigenvalue weighted by Crippen LogP contribution is 2.54. The number of rotatable bonds is 0. The maximum absolute atomic E-state index is 12.0. The summed E-state index contributed by atoms with van der Waals surface area (Å²) in [6.07, 6.45) is 2.62. The number of hydrogen-bond acceptors (Lipinski definition) is 6. The summed E-state index contributed by atoms with van der Waals surface area (Å²) in [5.74, 6) is -3.65. The molecule has 4 aliphatic rings. The fraction of sp³-hybridized carbons (Fsp3) is 0.750. The molecule has 4 bridgehead atoms. The summed E-state index contributed by atoms with van der Waals surface area (Å²) in [4.78, 5) is 25.1. The molecule has 0 aliphatic carbocycles. The molecule has 17 heavy (non-hydrogen) atoms. The van der Waals surface area contributed by atoms with E-state index in [0.717, 1.165) is 38.9 Å². The molecule has 4 aliphatic heterocycles. The summed E-state index contributed by atoms with van der Waals surface area (Å²) in [5.41, 5.74) is 0. The molecule has 9 heteroatoms. The molecule has 2 N–H and O–H groups in total. The maximum Gasteiger partial charge on any atom is 0.414 e. The molecule has 0 aromatic heterocycles. The average molecular weight is 263 g/mol. The summed E-state index contributed by atoms with van der Waals surface area (Å²) < 4.78 is 12.0. The van der Waals surface area contributed by atoms with Gasteiger partial charge >= 0.3 is 11.9 Å². The molecule has 0 spiro atoms. The van der Waals surface area contributed by atoms with E-state index in [1.54, 1.807) is 0 Å². The van der Waals surface area contributed by atoms with E-state index in [1.807, 2.05) is 0 Å². The van der Waals surface area contributed by atoms with Crippen molar-refractivity contribution in [3.05, 3.63) is 0 Å². The van der Waals surface area contributed by atoms with E-state index in [9.17, 15) is 4.57 Å². The van der Waals surface area contributed by atoms with E-state index in [4.69, 9.17) is 19.8 Å². The minimum Gasteiger partial charge on any atom is -0.473 e. The third-order valence-electron chi connectivity index (χ3n) is 2.76. The van der Waals surface area contributed by atoms with E-state index >= 15 is 0 Å². The topological polar surface area (TPSA) is 101 Å². The zero-order chi connectivity index (χ0) is 12.6. The van der Waals surface area contributed by atoms with Gasteiger partial charge in [-0.05, 0) is 0 Å². The second kappa shape index (κ2) is 4.38. The highest BCUT2D eigenvalue weighted by atomic mass is 31.2. The van der Waals surface area contributed by atoms with Crippen LogP contribution in [0.5, 0.6) is 0 Å². The van der Waals surface area contributed by atoms with Gasteiger partial charge in [0.15, 0.2) is 0 Å². The van der Waals surface area contributed by atoms with Crippen molar-refractivity contribution in [1.82, 2.24) is 14.7 Å². The van der Waals surface area contributed by atoms with E-state index in [0.29, 0.717) is 0 Å². The van der Waals surface area contributed by atoms with Crippen LogP contribution in [0.4, 0.5) is 0 Å². The predicted octanol–water partition coefficient (Wildman–Crippen LogP) is -0.803. The van der Waals surface area contributed by atoms with Crippen molar-refractivity contribution in [1.29, 1.82) is 0 Å². The van der Waals surface area contributed by atoms with Crippen LogP contribution in [0, 0.1) is 0 Å². The van der Waals surface area contributed by atoms with Crippen LogP contribution < -0.4 is 0 Å². The van der Waals surface area contributed by atoms with Gasteiger partial charge in [0.1, 0.15) is 7.14 Å². The zero-order valence-electron chi connectivity index (χ0n) is 9.15. The van der Waals surface area contributed by atoms with Crippen molar-refractivity contribution in [2.45, 2.75) is 0 Å². The largest absolute Gasteiger partial charge is 0.473 e. The molecule has 4 fully saturated rings. The van der Waals surface area contributed by atoms with E-state index in [2.05, 4.69) is 14.7 Å². The SMILES string of the molecule is O=C(O)C(=O)O.O=P12CN3CN(CN(C3)C1)C2. The summed E-state index contributed by atoms with van der Waals surface area (Å²) in [7, 11) is -1.79. The van der Waals surface area contributed by atoms with Gasteiger partial charge in [0.05, 0.1) is 38.9 Å². The van der Waals surface area contributed by atoms with Gasteiger partial charge in [0.25, 0.3) is 0 Å². The van der Waals surface area contributed by atoms with Gasteiger partial charge in [0, 0.05) is 0 Å². The molecular formula is C8H14N3O5P. The van der Waals surface area contributed by atoms with Gasteiger partial charge in [-0.1, -0.05) is 0 Å². The Morgan fingerprint density at radius 3 is 1.29 bits per heavy atom. The van der Waals surface area contributed by atoms with Crippen LogP contribution in [-0.4, -0.2) is 75.7 Å². The van der Waals surface area contributed by atoms with Gasteiger partial charge in [0.2, 0.25) is 0 Å². The number of nitrogens with zero attached hydrogens (tertiary/aromatic N) is 3. The molecule has 0 saturated carbocycles. The molecule has 0 aromatic carbocycles. The summed E-state index contributed by atoms with van der Waals surface area (Å²) >= 11 is 0. The first-order chi connectivity index (χ1) is 7.88. The zero-order valence-corrected chi connectivity index (χ0v) is 10.0. The second-order valence-corrected chi connectivity index (χ2v) is 7.49. The first-order valence-electron chi connectivity index (χ1n) is 5.08. The minimum atomic E-state index is -1.82. The highest BCUT2D eigenvalue weighted by Gasteiger charge is 2.44. The normalized spacial score (nSPS) is 41.5. The first-order valence-corrected chi connectivity index (χ1v) is 7.35. The molecule has 4 saturated heterocycles. The number of carbonyl (C=O) groups is 2. The van der Waals surface area contributed by atoms with Gasteiger partial charge in [-0.25, -0.2) is 9.59 Å². The Balaban J connectivity index is 0.000000157. The highest BCUT2D eigenvalue weighted by molar-refractivity contribution is 7.63. The van der Waals surface area contributed by atoms with Gasteiger partial charge in [-0.2, -0.15) is 0 Å². The molecule has 0 aromatic rings. The van der Waals surface area contributed by atoms with E-state index in [1.165, 1.54) is 0 Å². The van der Waals surface area contributed by atoms with Gasteiger partial charge < -0.3 is 14.8 Å². The number of carboxylic acid groups (broad SMARTS) is 2. The van der Waals surface area contributed by atoms with Crippen LogP contribution in [0.3, 0.4) is 0 Å². The molecule has 8 nitrogen and oxygen atoms in total. The Bertz CT molecular complexity index is 345. The van der Waals surface area contributed by atoms with Gasteiger partial charge in [-0.3, -0.25) is 14.7 Å². The first kappa shape index (κ1) is 12.5. The van der Waals surface area contributed by atoms with Crippen LogP contribution in [-0.2, 0) is 14.2 Å². The fourth-order valence-corrected chi connectivity index (χ4v) is 5.47. The molecule has 0 amide bonds.